The van der Waals surface area contributed by atoms with Crippen LogP contribution in [0.15, 0.2) is 34.9 Å². The highest BCUT2D eigenvalue weighted by Gasteiger charge is 2.33. The van der Waals surface area contributed by atoms with Crippen LogP contribution in [0.1, 0.15) is 23.2 Å². The zero-order chi connectivity index (χ0) is 15.4. The molecule has 0 unspecified atom stereocenters. The van der Waals surface area contributed by atoms with Gasteiger partial charge in [0.1, 0.15) is 0 Å². The van der Waals surface area contributed by atoms with Gasteiger partial charge in [0.2, 0.25) is 11.8 Å². The minimum atomic E-state index is 0.0658. The van der Waals surface area contributed by atoms with E-state index in [0.29, 0.717) is 24.8 Å². The summed E-state index contributed by atoms with van der Waals surface area (Å²) in [5, 5.41) is 6.75. The maximum atomic E-state index is 11.9. The van der Waals surface area contributed by atoms with E-state index in [1.165, 1.54) is 5.56 Å². The van der Waals surface area contributed by atoms with Gasteiger partial charge in [-0.3, -0.25) is 9.69 Å². The van der Waals surface area contributed by atoms with Gasteiger partial charge in [-0.25, -0.2) is 0 Å². The Balaban J connectivity index is 1.34. The molecule has 6 heteroatoms. The molecule has 22 heavy (non-hydrogen) atoms. The highest BCUT2D eigenvalue weighted by atomic mass is 16.5. The number of amides is 1. The molecule has 0 spiro atoms. The van der Waals surface area contributed by atoms with Gasteiger partial charge in [0.05, 0.1) is 12.5 Å². The lowest BCUT2D eigenvalue weighted by Crippen LogP contribution is -2.49. The molecule has 0 aliphatic carbocycles. The molecule has 2 heterocycles. The van der Waals surface area contributed by atoms with Gasteiger partial charge >= 0.3 is 0 Å². The Kier molecular flexibility index (Phi) is 4.48. The normalized spacial score (nSPS) is 15.5. The van der Waals surface area contributed by atoms with Crippen molar-refractivity contribution in [3.05, 3.63) is 47.6 Å². The molecule has 3 rings (SSSR count). The van der Waals surface area contributed by atoms with Crippen molar-refractivity contribution in [3.63, 3.8) is 0 Å². The van der Waals surface area contributed by atoms with Crippen LogP contribution in [0, 0.1) is 6.92 Å². The van der Waals surface area contributed by atoms with Crippen LogP contribution in [0.25, 0.3) is 0 Å². The number of hydrogen-bond donors (Lipinski definition) is 1. The molecule has 1 N–H and O–H groups in total. The van der Waals surface area contributed by atoms with Crippen LogP contribution in [0.5, 0.6) is 0 Å². The molecule has 1 aromatic heterocycles. The number of nitrogens with zero attached hydrogens (tertiary/aromatic N) is 3. The minimum Gasteiger partial charge on any atom is -0.355 e. The Morgan fingerprint density at radius 3 is 2.82 bits per heavy atom. The predicted molar refractivity (Wildman–Crippen MR) is 81.4 cm³/mol. The monoisotopic (exact) mass is 300 g/mol. The molecule has 1 saturated heterocycles. The van der Waals surface area contributed by atoms with Crippen molar-refractivity contribution in [1.82, 2.24) is 20.4 Å². The number of carbonyl (C=O) groups is 1. The van der Waals surface area contributed by atoms with Crippen LogP contribution in [-0.4, -0.2) is 47.1 Å². The van der Waals surface area contributed by atoms with Gasteiger partial charge in [0, 0.05) is 19.6 Å². The molecule has 1 amide bonds. The summed E-state index contributed by atoms with van der Waals surface area (Å²) in [6.07, 6.45) is 0.858. The minimum absolute atomic E-state index is 0.0658. The van der Waals surface area contributed by atoms with E-state index < -0.39 is 0 Å². The second kappa shape index (κ2) is 6.70. The Morgan fingerprint density at radius 2 is 2.14 bits per heavy atom. The van der Waals surface area contributed by atoms with Gasteiger partial charge in [-0.2, -0.15) is 4.98 Å². The maximum absolute atomic E-state index is 11.9. The van der Waals surface area contributed by atoms with Gasteiger partial charge in [-0.1, -0.05) is 35.5 Å². The summed E-state index contributed by atoms with van der Waals surface area (Å²) in [5.74, 6) is 1.67. The molecule has 1 aromatic carbocycles. The highest BCUT2D eigenvalue weighted by molar-refractivity contribution is 5.78. The lowest BCUT2D eigenvalue weighted by molar-refractivity contribution is -0.123. The summed E-state index contributed by atoms with van der Waals surface area (Å²) >= 11 is 0. The number of aromatic nitrogens is 2. The third kappa shape index (κ3) is 3.71. The quantitative estimate of drug-likeness (QED) is 0.866. The van der Waals surface area contributed by atoms with E-state index in [-0.39, 0.29) is 11.8 Å². The average Bonchev–Trinajstić information content (AvgIpc) is 2.89. The topological polar surface area (TPSA) is 71.3 Å². The lowest BCUT2D eigenvalue weighted by Gasteiger charge is -2.36. The van der Waals surface area contributed by atoms with E-state index in [2.05, 4.69) is 32.5 Å². The molecule has 2 aromatic rings. The summed E-state index contributed by atoms with van der Waals surface area (Å²) in [5.41, 5.74) is 1.23. The van der Waals surface area contributed by atoms with Crippen LogP contribution in [0.3, 0.4) is 0 Å². The first-order chi connectivity index (χ1) is 10.7. The van der Waals surface area contributed by atoms with Crippen molar-refractivity contribution < 1.29 is 9.32 Å². The fourth-order valence-electron chi connectivity index (χ4n) is 2.58. The zero-order valence-corrected chi connectivity index (χ0v) is 12.7. The van der Waals surface area contributed by atoms with Crippen LogP contribution < -0.4 is 5.32 Å². The molecule has 116 valence electrons. The standard InChI is InChI=1S/C16H20N4O2/c1-12-18-16(22-19-12)14-9-20(10-14)11-15(21)17-8-7-13-5-3-2-4-6-13/h2-6,14H,7-11H2,1H3,(H,17,21). The largest absolute Gasteiger partial charge is 0.355 e. The summed E-state index contributed by atoms with van der Waals surface area (Å²) < 4.78 is 5.15. The number of benzene rings is 1. The van der Waals surface area contributed by atoms with Gasteiger partial charge < -0.3 is 9.84 Å². The molecule has 0 saturated carbocycles. The van der Waals surface area contributed by atoms with E-state index in [1.807, 2.05) is 25.1 Å². The van der Waals surface area contributed by atoms with E-state index in [1.54, 1.807) is 0 Å². The third-order valence-corrected chi connectivity index (χ3v) is 3.80. The SMILES string of the molecule is Cc1noc(C2CN(CC(=O)NCCc3ccccc3)C2)n1. The summed E-state index contributed by atoms with van der Waals surface area (Å²) in [6.45, 7) is 4.51. The van der Waals surface area contributed by atoms with Gasteiger partial charge in [-0.15, -0.1) is 0 Å². The van der Waals surface area contributed by atoms with Crippen molar-refractivity contribution in [2.24, 2.45) is 0 Å². The van der Waals surface area contributed by atoms with Crippen LogP contribution in [-0.2, 0) is 11.2 Å². The number of carbonyl (C=O) groups excluding carboxylic acids is 1. The van der Waals surface area contributed by atoms with Gasteiger partial charge in [-0.05, 0) is 18.9 Å². The number of likely N-dealkylation sites (tertiary alicyclic amines) is 1. The predicted octanol–water partition coefficient (Wildman–Crippen LogP) is 1.14. The first-order valence-corrected chi connectivity index (χ1v) is 7.54. The smallest absolute Gasteiger partial charge is 0.234 e. The number of hydrogen-bond acceptors (Lipinski definition) is 5. The van der Waals surface area contributed by atoms with E-state index in [0.717, 1.165) is 19.5 Å². The van der Waals surface area contributed by atoms with Crippen molar-refractivity contribution in [2.75, 3.05) is 26.2 Å². The molecule has 1 aliphatic rings. The summed E-state index contributed by atoms with van der Waals surface area (Å²) in [4.78, 5) is 18.2. The van der Waals surface area contributed by atoms with E-state index in [9.17, 15) is 4.79 Å². The Bertz CT molecular complexity index is 620. The van der Waals surface area contributed by atoms with Crippen molar-refractivity contribution in [2.45, 2.75) is 19.3 Å². The van der Waals surface area contributed by atoms with Crippen LogP contribution >= 0.6 is 0 Å². The number of rotatable bonds is 6. The molecule has 1 aliphatic heterocycles. The maximum Gasteiger partial charge on any atom is 0.234 e. The molecule has 6 nitrogen and oxygen atoms in total. The van der Waals surface area contributed by atoms with Gasteiger partial charge in [0.25, 0.3) is 0 Å². The fourth-order valence-corrected chi connectivity index (χ4v) is 2.58. The second-order valence-electron chi connectivity index (χ2n) is 5.66. The second-order valence-corrected chi connectivity index (χ2v) is 5.66. The average molecular weight is 300 g/mol. The summed E-state index contributed by atoms with van der Waals surface area (Å²) in [6, 6.07) is 10.2. The Labute approximate surface area is 129 Å². The third-order valence-electron chi connectivity index (χ3n) is 3.80. The lowest BCUT2D eigenvalue weighted by atomic mass is 10.0. The van der Waals surface area contributed by atoms with E-state index in [4.69, 9.17) is 4.52 Å². The molecule has 0 radical (unpaired) electrons. The van der Waals surface area contributed by atoms with Crippen molar-refractivity contribution >= 4 is 5.91 Å². The molecular weight excluding hydrogens is 280 g/mol. The van der Waals surface area contributed by atoms with Crippen molar-refractivity contribution in [1.29, 1.82) is 0 Å². The Morgan fingerprint density at radius 1 is 1.36 bits per heavy atom. The first-order valence-electron chi connectivity index (χ1n) is 7.54. The molecule has 0 atom stereocenters. The van der Waals surface area contributed by atoms with Gasteiger partial charge in [0.15, 0.2) is 5.82 Å². The molecule has 1 fully saturated rings. The molecule has 0 bridgehead atoms. The number of aryl methyl sites for hydroxylation is 1. The van der Waals surface area contributed by atoms with Crippen LogP contribution in [0.4, 0.5) is 0 Å². The number of nitrogens with one attached hydrogen (secondary N) is 1. The van der Waals surface area contributed by atoms with Crippen molar-refractivity contribution in [3.8, 4) is 0 Å². The Hall–Kier alpha value is -2.21. The van der Waals surface area contributed by atoms with Crippen LogP contribution in [0.2, 0.25) is 0 Å². The zero-order valence-electron chi connectivity index (χ0n) is 12.7. The van der Waals surface area contributed by atoms with E-state index >= 15 is 0 Å². The molecular formula is C16H20N4O2. The first kappa shape index (κ1) is 14.7. The fraction of sp³-hybridized carbons (Fsp3) is 0.438. The highest BCUT2D eigenvalue weighted by Crippen LogP contribution is 2.24. The summed E-state index contributed by atoms with van der Waals surface area (Å²) in [7, 11) is 0.